The standard InChI is InChI=1S/C27H33N5O3S/c1-18-23(17-29-31-18)19-4-6-24(26(15-19)36-12-9-32-7-10-35-11-8-32)30-27(33)25-14-21-13-22(34-2)5-3-20(21)16-28-25/h3-6,13,15,17,25,28H,7-12,14,16H2,1-2H3,(H,29,31)(H,30,33). The normalized spacial score (nSPS) is 18.0. The molecule has 5 rings (SSSR count). The fraction of sp³-hybridized carbons (Fsp3) is 0.407. The van der Waals surface area contributed by atoms with Crippen LogP contribution in [0.1, 0.15) is 16.8 Å². The molecule has 2 aliphatic heterocycles. The van der Waals surface area contributed by atoms with Crippen molar-refractivity contribution in [1.82, 2.24) is 20.4 Å². The van der Waals surface area contributed by atoms with Gasteiger partial charge in [0.15, 0.2) is 0 Å². The van der Waals surface area contributed by atoms with Crippen LogP contribution in [0.3, 0.4) is 0 Å². The molecule has 190 valence electrons. The van der Waals surface area contributed by atoms with Gasteiger partial charge in [-0.1, -0.05) is 12.1 Å². The first-order chi connectivity index (χ1) is 17.6. The van der Waals surface area contributed by atoms with Gasteiger partial charge in [-0.3, -0.25) is 14.8 Å². The number of fused-ring (bicyclic) bond motifs is 1. The highest BCUT2D eigenvalue weighted by atomic mass is 32.2. The van der Waals surface area contributed by atoms with Gasteiger partial charge in [0.25, 0.3) is 0 Å². The van der Waals surface area contributed by atoms with Crippen molar-refractivity contribution in [3.05, 3.63) is 59.4 Å². The second-order valence-electron chi connectivity index (χ2n) is 9.18. The largest absolute Gasteiger partial charge is 0.497 e. The van der Waals surface area contributed by atoms with Gasteiger partial charge in [-0.2, -0.15) is 5.10 Å². The molecule has 1 saturated heterocycles. The van der Waals surface area contributed by atoms with E-state index in [1.54, 1.807) is 18.9 Å². The maximum atomic E-state index is 13.3. The third-order valence-electron chi connectivity index (χ3n) is 6.84. The molecule has 0 radical (unpaired) electrons. The van der Waals surface area contributed by atoms with E-state index in [0.29, 0.717) is 13.0 Å². The molecular weight excluding hydrogens is 474 g/mol. The number of amides is 1. The van der Waals surface area contributed by atoms with Crippen molar-refractivity contribution >= 4 is 23.4 Å². The number of thioether (sulfide) groups is 1. The van der Waals surface area contributed by atoms with E-state index in [2.05, 4.69) is 37.9 Å². The first-order valence-electron chi connectivity index (χ1n) is 12.4. The second kappa shape index (κ2) is 11.5. The lowest BCUT2D eigenvalue weighted by atomic mass is 9.95. The van der Waals surface area contributed by atoms with Crippen molar-refractivity contribution < 1.29 is 14.3 Å². The molecule has 0 bridgehead atoms. The number of aromatic nitrogens is 2. The summed E-state index contributed by atoms with van der Waals surface area (Å²) >= 11 is 1.78. The quantitative estimate of drug-likeness (QED) is 0.402. The number of H-pyrrole nitrogens is 1. The zero-order valence-electron chi connectivity index (χ0n) is 20.8. The lowest BCUT2D eigenvalue weighted by Gasteiger charge is -2.27. The highest BCUT2D eigenvalue weighted by Gasteiger charge is 2.25. The number of ether oxygens (including phenoxy) is 2. The van der Waals surface area contributed by atoms with Crippen LogP contribution in [0.25, 0.3) is 11.1 Å². The fourth-order valence-electron chi connectivity index (χ4n) is 4.69. The summed E-state index contributed by atoms with van der Waals surface area (Å²) < 4.78 is 10.8. The Balaban J connectivity index is 1.31. The van der Waals surface area contributed by atoms with Crippen molar-refractivity contribution in [3.8, 4) is 16.9 Å². The Morgan fingerprint density at radius 3 is 2.86 bits per heavy atom. The first kappa shape index (κ1) is 24.8. The van der Waals surface area contributed by atoms with Gasteiger partial charge in [-0.05, 0) is 54.3 Å². The van der Waals surface area contributed by atoms with Gasteiger partial charge in [0.2, 0.25) is 5.91 Å². The van der Waals surface area contributed by atoms with Crippen molar-refractivity contribution in [1.29, 1.82) is 0 Å². The molecule has 1 fully saturated rings. The Bertz CT molecular complexity index is 1210. The van der Waals surface area contributed by atoms with Gasteiger partial charge in [-0.25, -0.2) is 0 Å². The minimum Gasteiger partial charge on any atom is -0.497 e. The van der Waals surface area contributed by atoms with Gasteiger partial charge in [0, 0.05) is 48.1 Å². The number of morpholine rings is 1. The number of aromatic amines is 1. The number of carbonyl (C=O) groups is 1. The number of nitrogens with zero attached hydrogens (tertiary/aromatic N) is 2. The number of methoxy groups -OCH3 is 1. The third kappa shape index (κ3) is 5.75. The van der Waals surface area contributed by atoms with E-state index in [4.69, 9.17) is 9.47 Å². The van der Waals surface area contributed by atoms with Crippen LogP contribution < -0.4 is 15.4 Å². The fourth-order valence-corrected chi connectivity index (χ4v) is 5.74. The van der Waals surface area contributed by atoms with Crippen LogP contribution in [-0.2, 0) is 22.5 Å². The van der Waals surface area contributed by atoms with Crippen LogP contribution >= 0.6 is 11.8 Å². The number of hydrogen-bond acceptors (Lipinski definition) is 7. The number of hydrogen-bond donors (Lipinski definition) is 3. The molecule has 9 heteroatoms. The van der Waals surface area contributed by atoms with Gasteiger partial charge in [-0.15, -0.1) is 11.8 Å². The molecule has 2 aliphatic rings. The number of aryl methyl sites for hydroxylation is 1. The smallest absolute Gasteiger partial charge is 0.241 e. The summed E-state index contributed by atoms with van der Waals surface area (Å²) in [4.78, 5) is 16.8. The van der Waals surface area contributed by atoms with E-state index in [1.807, 2.05) is 37.4 Å². The molecule has 0 spiro atoms. The minimum atomic E-state index is -0.299. The maximum absolute atomic E-state index is 13.3. The van der Waals surface area contributed by atoms with Gasteiger partial charge in [0.05, 0.1) is 38.2 Å². The van der Waals surface area contributed by atoms with E-state index >= 15 is 0 Å². The Labute approximate surface area is 216 Å². The Kier molecular flexibility index (Phi) is 7.91. The molecule has 3 aromatic rings. The number of benzene rings is 2. The molecule has 0 saturated carbocycles. The molecule has 3 heterocycles. The average Bonchev–Trinajstić information content (AvgIpc) is 3.35. The zero-order chi connectivity index (χ0) is 24.9. The van der Waals surface area contributed by atoms with Gasteiger partial charge < -0.3 is 20.1 Å². The van der Waals surface area contributed by atoms with E-state index in [0.717, 1.165) is 77.3 Å². The number of anilines is 1. The molecule has 1 atom stereocenters. The lowest BCUT2D eigenvalue weighted by Crippen LogP contribution is -2.44. The molecular formula is C27H33N5O3S. The molecule has 8 nitrogen and oxygen atoms in total. The maximum Gasteiger partial charge on any atom is 0.241 e. The summed E-state index contributed by atoms with van der Waals surface area (Å²) in [6, 6.07) is 12.0. The Morgan fingerprint density at radius 2 is 2.08 bits per heavy atom. The number of nitrogens with one attached hydrogen (secondary N) is 3. The van der Waals surface area contributed by atoms with E-state index in [-0.39, 0.29) is 11.9 Å². The predicted molar refractivity (Wildman–Crippen MR) is 143 cm³/mol. The molecule has 1 aromatic heterocycles. The summed E-state index contributed by atoms with van der Waals surface area (Å²) in [5, 5.41) is 13.8. The lowest BCUT2D eigenvalue weighted by molar-refractivity contribution is -0.118. The highest BCUT2D eigenvalue weighted by Crippen LogP contribution is 2.33. The summed E-state index contributed by atoms with van der Waals surface area (Å²) in [5.74, 6) is 1.73. The van der Waals surface area contributed by atoms with E-state index < -0.39 is 0 Å². The van der Waals surface area contributed by atoms with Crippen molar-refractivity contribution in [2.24, 2.45) is 0 Å². The number of rotatable bonds is 8. The average molecular weight is 508 g/mol. The number of carbonyl (C=O) groups excluding carboxylic acids is 1. The van der Waals surface area contributed by atoms with Crippen molar-refractivity contribution in [2.75, 3.05) is 51.0 Å². The Hall–Kier alpha value is -2.85. The van der Waals surface area contributed by atoms with Crippen LogP contribution in [0.4, 0.5) is 5.69 Å². The Morgan fingerprint density at radius 1 is 1.22 bits per heavy atom. The van der Waals surface area contributed by atoms with Crippen LogP contribution in [0.15, 0.2) is 47.5 Å². The molecule has 3 N–H and O–H groups in total. The van der Waals surface area contributed by atoms with E-state index in [1.165, 1.54) is 5.56 Å². The zero-order valence-corrected chi connectivity index (χ0v) is 21.6. The summed E-state index contributed by atoms with van der Waals surface area (Å²) in [6.45, 7) is 7.20. The molecule has 2 aromatic carbocycles. The van der Waals surface area contributed by atoms with Gasteiger partial charge >= 0.3 is 0 Å². The topological polar surface area (TPSA) is 91.5 Å². The van der Waals surface area contributed by atoms with Crippen molar-refractivity contribution in [2.45, 2.75) is 30.8 Å². The highest BCUT2D eigenvalue weighted by molar-refractivity contribution is 7.99. The summed E-state index contributed by atoms with van der Waals surface area (Å²) in [6.07, 6.45) is 2.48. The van der Waals surface area contributed by atoms with Gasteiger partial charge in [0.1, 0.15) is 5.75 Å². The second-order valence-corrected chi connectivity index (χ2v) is 10.3. The SMILES string of the molecule is COc1ccc2c(c1)CC(C(=O)Nc1ccc(-c3cn[nH]c3C)cc1SCCN1CCOCC1)NC2. The monoisotopic (exact) mass is 507 g/mol. The minimum absolute atomic E-state index is 0.0225. The summed E-state index contributed by atoms with van der Waals surface area (Å²) in [5.41, 5.74) is 6.39. The van der Waals surface area contributed by atoms with Crippen LogP contribution in [0, 0.1) is 6.92 Å². The molecule has 0 aliphatic carbocycles. The van der Waals surface area contributed by atoms with E-state index in [9.17, 15) is 4.79 Å². The third-order valence-corrected chi connectivity index (χ3v) is 7.88. The van der Waals surface area contributed by atoms with Crippen molar-refractivity contribution in [3.63, 3.8) is 0 Å². The van der Waals surface area contributed by atoms with Crippen LogP contribution in [0.2, 0.25) is 0 Å². The van der Waals surface area contributed by atoms with Crippen LogP contribution in [-0.4, -0.2) is 72.8 Å². The first-order valence-corrected chi connectivity index (χ1v) is 13.4. The molecule has 1 amide bonds. The predicted octanol–water partition coefficient (Wildman–Crippen LogP) is 3.47. The van der Waals surface area contributed by atoms with Crippen LogP contribution in [0.5, 0.6) is 5.75 Å². The molecule has 36 heavy (non-hydrogen) atoms. The summed E-state index contributed by atoms with van der Waals surface area (Å²) in [7, 11) is 1.67. The molecule has 1 unspecified atom stereocenters.